The normalized spacial score (nSPS) is 17.0. The Morgan fingerprint density at radius 2 is 1.66 bits per heavy atom. The van der Waals surface area contributed by atoms with Gasteiger partial charge in [0.05, 0.1) is 0 Å². The van der Waals surface area contributed by atoms with Crippen LogP contribution in [0.5, 0.6) is 0 Å². The fraction of sp³-hybridized carbons (Fsp3) is 0.154. The highest BCUT2D eigenvalue weighted by molar-refractivity contribution is 5.97. The number of nitrogens with one attached hydrogen (secondary N) is 2. The lowest BCUT2D eigenvalue weighted by Gasteiger charge is -2.08. The van der Waals surface area contributed by atoms with Crippen LogP contribution in [0.15, 0.2) is 85.5 Å². The van der Waals surface area contributed by atoms with Crippen LogP contribution in [0.25, 0.3) is 10.8 Å². The topological polar surface area (TPSA) is 84.0 Å². The van der Waals surface area contributed by atoms with Gasteiger partial charge in [0.25, 0.3) is 5.91 Å². The number of fused-ring (bicyclic) bond motifs is 1. The van der Waals surface area contributed by atoms with Crippen molar-refractivity contribution < 1.29 is 9.59 Å². The monoisotopic (exact) mass is 422 g/mol. The first-order valence-corrected chi connectivity index (χ1v) is 10.6. The molecule has 1 aliphatic rings. The first-order valence-electron chi connectivity index (χ1n) is 10.6. The maximum Gasteiger partial charge on any atom is 0.251 e. The van der Waals surface area contributed by atoms with Crippen LogP contribution in [0.3, 0.4) is 0 Å². The third kappa shape index (κ3) is 4.34. The zero-order valence-corrected chi connectivity index (χ0v) is 17.4. The molecular weight excluding hydrogens is 400 g/mol. The second kappa shape index (κ2) is 8.59. The minimum absolute atomic E-state index is 0.0302. The second-order valence-electron chi connectivity index (χ2n) is 8.04. The van der Waals surface area contributed by atoms with E-state index >= 15 is 0 Å². The molecule has 1 fully saturated rings. The standard InChI is InChI=1S/C26H22N4O2/c31-25(29-15-17-7-10-27-11-8-17)19-3-1-18(2-4-19)23-14-24(23)26(32)30-22-6-5-21-16-28-12-9-20(21)13-22/h1-13,16,23-24H,14-15H2,(H,29,31)(H,30,32)/t23-,24+/m0/s1. The van der Waals surface area contributed by atoms with Gasteiger partial charge in [0.15, 0.2) is 0 Å². The van der Waals surface area contributed by atoms with Crippen LogP contribution in [0.2, 0.25) is 0 Å². The summed E-state index contributed by atoms with van der Waals surface area (Å²) in [6, 6.07) is 19.0. The van der Waals surface area contributed by atoms with Crippen molar-refractivity contribution >= 4 is 28.3 Å². The molecular formula is C26H22N4O2. The maximum absolute atomic E-state index is 12.7. The number of hydrogen-bond donors (Lipinski definition) is 2. The number of anilines is 1. The number of hydrogen-bond acceptors (Lipinski definition) is 4. The van der Waals surface area contributed by atoms with Crippen molar-refractivity contribution in [2.24, 2.45) is 5.92 Å². The minimum atomic E-state index is -0.120. The van der Waals surface area contributed by atoms with E-state index < -0.39 is 0 Å². The summed E-state index contributed by atoms with van der Waals surface area (Å²) in [4.78, 5) is 33.2. The van der Waals surface area contributed by atoms with Crippen LogP contribution in [-0.2, 0) is 11.3 Å². The van der Waals surface area contributed by atoms with E-state index in [9.17, 15) is 9.59 Å². The quantitative estimate of drug-likeness (QED) is 0.485. The Balaban J connectivity index is 1.17. The Kier molecular flexibility index (Phi) is 5.34. The molecule has 2 amide bonds. The fourth-order valence-corrected chi connectivity index (χ4v) is 3.92. The van der Waals surface area contributed by atoms with Gasteiger partial charge in [-0.25, -0.2) is 0 Å². The highest BCUT2D eigenvalue weighted by Gasteiger charge is 2.43. The van der Waals surface area contributed by atoms with Gasteiger partial charge in [-0.2, -0.15) is 0 Å². The summed E-state index contributed by atoms with van der Waals surface area (Å²) in [6.45, 7) is 0.458. The molecule has 1 saturated carbocycles. The number of carbonyl (C=O) groups excluding carboxylic acids is 2. The van der Waals surface area contributed by atoms with Crippen molar-refractivity contribution in [2.75, 3.05) is 5.32 Å². The van der Waals surface area contributed by atoms with Crippen LogP contribution >= 0.6 is 0 Å². The summed E-state index contributed by atoms with van der Waals surface area (Å²) >= 11 is 0. The number of carbonyl (C=O) groups is 2. The van der Waals surface area contributed by atoms with Gasteiger partial charge in [0.1, 0.15) is 0 Å². The number of rotatable bonds is 6. The molecule has 2 N–H and O–H groups in total. The Labute approximate surface area is 185 Å². The molecule has 2 aromatic carbocycles. The Morgan fingerprint density at radius 3 is 2.47 bits per heavy atom. The van der Waals surface area contributed by atoms with Crippen LogP contribution in [-0.4, -0.2) is 21.8 Å². The molecule has 32 heavy (non-hydrogen) atoms. The zero-order valence-electron chi connectivity index (χ0n) is 17.4. The molecule has 0 saturated heterocycles. The minimum Gasteiger partial charge on any atom is -0.348 e. The number of pyridine rings is 2. The Hall–Kier alpha value is -4.06. The highest BCUT2D eigenvalue weighted by atomic mass is 16.2. The predicted octanol–water partition coefficient (Wildman–Crippen LogP) is 4.30. The molecule has 2 atom stereocenters. The highest BCUT2D eigenvalue weighted by Crippen LogP contribution is 2.48. The average molecular weight is 422 g/mol. The van der Waals surface area contributed by atoms with Crippen LogP contribution in [0.4, 0.5) is 5.69 Å². The van der Waals surface area contributed by atoms with E-state index in [1.54, 1.807) is 24.8 Å². The number of benzene rings is 2. The van der Waals surface area contributed by atoms with Gasteiger partial charge < -0.3 is 10.6 Å². The Morgan fingerprint density at radius 1 is 0.875 bits per heavy atom. The summed E-state index contributed by atoms with van der Waals surface area (Å²) in [5.74, 6) is 0.0515. The van der Waals surface area contributed by atoms with Gasteiger partial charge in [-0.3, -0.25) is 19.6 Å². The molecule has 2 aromatic heterocycles. The number of amides is 2. The van der Waals surface area contributed by atoms with Crippen molar-refractivity contribution in [1.82, 2.24) is 15.3 Å². The van der Waals surface area contributed by atoms with E-state index in [1.807, 2.05) is 60.7 Å². The van der Waals surface area contributed by atoms with Gasteiger partial charge in [-0.1, -0.05) is 18.2 Å². The van der Waals surface area contributed by atoms with Crippen molar-refractivity contribution in [2.45, 2.75) is 18.9 Å². The van der Waals surface area contributed by atoms with Gasteiger partial charge in [0.2, 0.25) is 5.91 Å². The fourth-order valence-electron chi connectivity index (χ4n) is 3.92. The lowest BCUT2D eigenvalue weighted by molar-refractivity contribution is -0.117. The molecule has 2 heterocycles. The van der Waals surface area contributed by atoms with Gasteiger partial charge >= 0.3 is 0 Å². The molecule has 5 rings (SSSR count). The van der Waals surface area contributed by atoms with Crippen molar-refractivity contribution in [3.8, 4) is 0 Å². The zero-order chi connectivity index (χ0) is 21.9. The summed E-state index contributed by atoms with van der Waals surface area (Å²) < 4.78 is 0. The van der Waals surface area contributed by atoms with E-state index in [-0.39, 0.29) is 23.7 Å². The van der Waals surface area contributed by atoms with E-state index in [1.165, 1.54) is 0 Å². The van der Waals surface area contributed by atoms with E-state index in [0.29, 0.717) is 12.1 Å². The molecule has 0 bridgehead atoms. The smallest absolute Gasteiger partial charge is 0.251 e. The van der Waals surface area contributed by atoms with E-state index in [2.05, 4.69) is 20.6 Å². The first kappa shape index (κ1) is 19.9. The SMILES string of the molecule is O=C(NCc1ccncc1)c1ccc([C@@H]2C[C@H]2C(=O)Nc2ccc3cnccc3c2)cc1. The predicted molar refractivity (Wildman–Crippen MR) is 123 cm³/mol. The third-order valence-electron chi connectivity index (χ3n) is 5.84. The number of aromatic nitrogens is 2. The second-order valence-corrected chi connectivity index (χ2v) is 8.04. The number of nitrogens with zero attached hydrogens (tertiary/aromatic N) is 2. The van der Waals surface area contributed by atoms with Crippen molar-refractivity contribution in [3.05, 3.63) is 102 Å². The third-order valence-corrected chi connectivity index (χ3v) is 5.84. The maximum atomic E-state index is 12.7. The largest absolute Gasteiger partial charge is 0.348 e. The molecule has 158 valence electrons. The molecule has 0 radical (unpaired) electrons. The van der Waals surface area contributed by atoms with E-state index in [0.717, 1.165) is 34.0 Å². The van der Waals surface area contributed by atoms with Gasteiger partial charge in [0, 0.05) is 53.9 Å². The molecule has 6 heteroatoms. The van der Waals surface area contributed by atoms with Crippen LogP contribution in [0, 0.1) is 5.92 Å². The molecule has 1 aliphatic carbocycles. The first-order chi connectivity index (χ1) is 15.7. The van der Waals surface area contributed by atoms with Gasteiger partial charge in [-0.05, 0) is 71.3 Å². The van der Waals surface area contributed by atoms with Crippen molar-refractivity contribution in [1.29, 1.82) is 0 Å². The van der Waals surface area contributed by atoms with Crippen molar-refractivity contribution in [3.63, 3.8) is 0 Å². The average Bonchev–Trinajstić information content (AvgIpc) is 3.64. The summed E-state index contributed by atoms with van der Waals surface area (Å²) in [5, 5.41) is 8.03. The van der Waals surface area contributed by atoms with E-state index in [4.69, 9.17) is 0 Å². The lowest BCUT2D eigenvalue weighted by Crippen LogP contribution is -2.22. The molecule has 0 aliphatic heterocycles. The molecule has 4 aromatic rings. The summed E-state index contributed by atoms with van der Waals surface area (Å²) in [6.07, 6.45) is 7.78. The summed E-state index contributed by atoms with van der Waals surface area (Å²) in [7, 11) is 0. The van der Waals surface area contributed by atoms with Gasteiger partial charge in [-0.15, -0.1) is 0 Å². The summed E-state index contributed by atoms with van der Waals surface area (Å²) in [5.41, 5.74) is 3.48. The lowest BCUT2D eigenvalue weighted by atomic mass is 10.1. The van der Waals surface area contributed by atoms with Crippen LogP contribution in [0.1, 0.15) is 33.8 Å². The van der Waals surface area contributed by atoms with Crippen LogP contribution < -0.4 is 10.6 Å². The molecule has 6 nitrogen and oxygen atoms in total. The molecule has 0 spiro atoms. The molecule has 0 unspecified atom stereocenters. The Bertz CT molecular complexity index is 1270.